The third-order valence-electron chi connectivity index (χ3n) is 5.17. The van der Waals surface area contributed by atoms with Gasteiger partial charge >= 0.3 is 0 Å². The Kier molecular flexibility index (Phi) is 6.21. The van der Waals surface area contributed by atoms with Gasteiger partial charge in [-0.25, -0.2) is 4.98 Å². The molecular weight excluding hydrogens is 396 g/mol. The highest BCUT2D eigenvalue weighted by molar-refractivity contribution is 5.96. The molecule has 2 aromatic heterocycles. The molecule has 0 radical (unpaired) electrons. The van der Waals surface area contributed by atoms with Crippen molar-refractivity contribution in [1.29, 1.82) is 0 Å². The molecule has 3 heterocycles. The fourth-order valence-corrected chi connectivity index (χ4v) is 3.37. The highest BCUT2D eigenvalue weighted by Gasteiger charge is 2.22. The maximum atomic E-state index is 12.5. The fourth-order valence-electron chi connectivity index (χ4n) is 3.37. The number of pyridine rings is 1. The SMILES string of the molecule is CCc1nc(-c2ccc(N3CCN(C(=O)CNC(=O)c4ccccc4)CC3)nc2)no1. The van der Waals surface area contributed by atoms with Gasteiger partial charge < -0.3 is 19.6 Å². The largest absolute Gasteiger partial charge is 0.353 e. The van der Waals surface area contributed by atoms with Crippen molar-refractivity contribution < 1.29 is 14.1 Å². The number of hydrogen-bond donors (Lipinski definition) is 1. The third-order valence-corrected chi connectivity index (χ3v) is 5.17. The lowest BCUT2D eigenvalue weighted by Gasteiger charge is -2.35. The number of aryl methyl sites for hydroxylation is 1. The Bertz CT molecular complexity index is 1030. The first-order valence-electron chi connectivity index (χ1n) is 10.3. The summed E-state index contributed by atoms with van der Waals surface area (Å²) in [6.07, 6.45) is 2.42. The molecule has 9 heteroatoms. The molecular formula is C22H24N6O3. The highest BCUT2D eigenvalue weighted by atomic mass is 16.5. The lowest BCUT2D eigenvalue weighted by Crippen LogP contribution is -2.51. The van der Waals surface area contributed by atoms with E-state index in [2.05, 4.69) is 25.3 Å². The second-order valence-corrected chi connectivity index (χ2v) is 7.19. The van der Waals surface area contributed by atoms with Crippen LogP contribution >= 0.6 is 0 Å². The van der Waals surface area contributed by atoms with Gasteiger partial charge in [0.15, 0.2) is 0 Å². The molecule has 0 saturated carbocycles. The minimum absolute atomic E-state index is 0.00881. The normalized spacial score (nSPS) is 13.8. The molecule has 1 aromatic carbocycles. The molecule has 1 fully saturated rings. The number of carbonyl (C=O) groups excluding carboxylic acids is 2. The first kappa shape index (κ1) is 20.5. The van der Waals surface area contributed by atoms with Gasteiger partial charge in [0, 0.05) is 49.9 Å². The van der Waals surface area contributed by atoms with Crippen LogP contribution in [0.2, 0.25) is 0 Å². The molecule has 0 unspecified atom stereocenters. The van der Waals surface area contributed by atoms with E-state index in [0.29, 0.717) is 49.9 Å². The number of rotatable bonds is 6. The molecule has 1 aliphatic rings. The standard InChI is InChI=1S/C22H24N6O3/c1-2-19-25-21(26-31-19)17-8-9-18(23-14-17)27-10-12-28(13-11-27)20(29)15-24-22(30)16-6-4-3-5-7-16/h3-9,14H,2,10-13,15H2,1H3,(H,24,30). The predicted molar refractivity (Wildman–Crippen MR) is 114 cm³/mol. The second-order valence-electron chi connectivity index (χ2n) is 7.19. The Labute approximate surface area is 180 Å². The van der Waals surface area contributed by atoms with Crippen molar-refractivity contribution in [2.24, 2.45) is 0 Å². The number of hydrogen-bond acceptors (Lipinski definition) is 7. The summed E-state index contributed by atoms with van der Waals surface area (Å²) in [5.41, 5.74) is 1.34. The van der Waals surface area contributed by atoms with Gasteiger partial charge in [0.25, 0.3) is 5.91 Å². The van der Waals surface area contributed by atoms with Crippen molar-refractivity contribution in [3.05, 3.63) is 60.1 Å². The molecule has 0 bridgehead atoms. The fraction of sp³-hybridized carbons (Fsp3) is 0.318. The molecule has 3 aromatic rings. The van der Waals surface area contributed by atoms with Gasteiger partial charge in [0.1, 0.15) is 5.82 Å². The molecule has 1 saturated heterocycles. The summed E-state index contributed by atoms with van der Waals surface area (Å²) in [6.45, 7) is 4.45. The number of benzene rings is 1. The highest BCUT2D eigenvalue weighted by Crippen LogP contribution is 2.19. The Hall–Kier alpha value is -3.75. The zero-order valence-corrected chi connectivity index (χ0v) is 17.3. The molecule has 160 valence electrons. The Morgan fingerprint density at radius 2 is 1.84 bits per heavy atom. The van der Waals surface area contributed by atoms with Crippen molar-refractivity contribution >= 4 is 17.6 Å². The number of anilines is 1. The Morgan fingerprint density at radius 1 is 1.06 bits per heavy atom. The number of nitrogens with one attached hydrogen (secondary N) is 1. The van der Waals surface area contributed by atoms with Gasteiger partial charge in [0.2, 0.25) is 17.6 Å². The van der Waals surface area contributed by atoms with Crippen LogP contribution in [-0.4, -0.2) is 64.6 Å². The molecule has 0 aliphatic carbocycles. The second kappa shape index (κ2) is 9.38. The molecule has 1 aliphatic heterocycles. The van der Waals surface area contributed by atoms with E-state index in [1.54, 1.807) is 35.4 Å². The molecule has 31 heavy (non-hydrogen) atoms. The van der Waals surface area contributed by atoms with E-state index in [1.807, 2.05) is 25.1 Å². The van der Waals surface area contributed by atoms with Crippen molar-refractivity contribution in [3.8, 4) is 11.4 Å². The third kappa shape index (κ3) is 4.88. The lowest BCUT2D eigenvalue weighted by atomic mass is 10.2. The topological polar surface area (TPSA) is 104 Å². The van der Waals surface area contributed by atoms with E-state index in [1.165, 1.54) is 0 Å². The van der Waals surface area contributed by atoms with Crippen molar-refractivity contribution in [1.82, 2.24) is 25.3 Å². The van der Waals surface area contributed by atoms with Crippen LogP contribution in [0.1, 0.15) is 23.2 Å². The Balaban J connectivity index is 1.27. The van der Waals surface area contributed by atoms with Gasteiger partial charge in [-0.05, 0) is 24.3 Å². The summed E-state index contributed by atoms with van der Waals surface area (Å²) >= 11 is 0. The minimum Gasteiger partial charge on any atom is -0.353 e. The van der Waals surface area contributed by atoms with Crippen LogP contribution in [0, 0.1) is 0 Å². The van der Waals surface area contributed by atoms with E-state index in [-0.39, 0.29) is 18.4 Å². The molecule has 2 amide bonds. The average Bonchev–Trinajstić information content (AvgIpc) is 3.32. The summed E-state index contributed by atoms with van der Waals surface area (Å²) < 4.78 is 5.15. The number of aromatic nitrogens is 3. The van der Waals surface area contributed by atoms with Crippen molar-refractivity contribution in [2.45, 2.75) is 13.3 Å². The summed E-state index contributed by atoms with van der Waals surface area (Å²) in [5, 5.41) is 6.66. The minimum atomic E-state index is -0.246. The summed E-state index contributed by atoms with van der Waals surface area (Å²) in [4.78, 5) is 37.3. The zero-order valence-electron chi connectivity index (χ0n) is 17.3. The van der Waals surface area contributed by atoms with Gasteiger partial charge in [-0.2, -0.15) is 4.98 Å². The monoisotopic (exact) mass is 420 g/mol. The molecule has 4 rings (SSSR count). The van der Waals surface area contributed by atoms with Crippen molar-refractivity contribution in [3.63, 3.8) is 0 Å². The van der Waals surface area contributed by atoms with Gasteiger partial charge in [-0.15, -0.1) is 0 Å². The maximum absolute atomic E-state index is 12.5. The predicted octanol–water partition coefficient (Wildman–Crippen LogP) is 1.77. The van der Waals surface area contributed by atoms with E-state index >= 15 is 0 Å². The Morgan fingerprint density at radius 3 is 2.48 bits per heavy atom. The summed E-state index contributed by atoms with van der Waals surface area (Å²) in [6, 6.07) is 12.7. The molecule has 0 spiro atoms. The zero-order chi connectivity index (χ0) is 21.6. The van der Waals surface area contributed by atoms with Crippen LogP contribution in [0.5, 0.6) is 0 Å². The quantitative estimate of drug-likeness (QED) is 0.648. The smallest absolute Gasteiger partial charge is 0.251 e. The molecule has 1 N–H and O–H groups in total. The van der Waals surface area contributed by atoms with E-state index in [0.717, 1.165) is 11.4 Å². The van der Waals surface area contributed by atoms with Crippen molar-refractivity contribution in [2.75, 3.05) is 37.6 Å². The summed E-state index contributed by atoms with van der Waals surface area (Å²) in [7, 11) is 0. The number of amides is 2. The maximum Gasteiger partial charge on any atom is 0.251 e. The van der Waals surface area contributed by atoms with Crippen LogP contribution in [0.25, 0.3) is 11.4 Å². The number of piperazine rings is 1. The number of carbonyl (C=O) groups is 2. The van der Waals surface area contributed by atoms with Crippen LogP contribution in [0.15, 0.2) is 53.2 Å². The lowest BCUT2D eigenvalue weighted by molar-refractivity contribution is -0.130. The van der Waals surface area contributed by atoms with Gasteiger partial charge in [-0.1, -0.05) is 30.3 Å². The van der Waals surface area contributed by atoms with E-state index < -0.39 is 0 Å². The van der Waals surface area contributed by atoms with Crippen LogP contribution in [0.4, 0.5) is 5.82 Å². The molecule has 0 atom stereocenters. The molecule has 9 nitrogen and oxygen atoms in total. The van der Waals surface area contributed by atoms with Gasteiger partial charge in [-0.3, -0.25) is 9.59 Å². The average molecular weight is 420 g/mol. The van der Waals surface area contributed by atoms with Crippen LogP contribution in [0.3, 0.4) is 0 Å². The first-order chi connectivity index (χ1) is 15.1. The van der Waals surface area contributed by atoms with Gasteiger partial charge in [0.05, 0.1) is 6.54 Å². The van der Waals surface area contributed by atoms with E-state index in [4.69, 9.17) is 4.52 Å². The summed E-state index contributed by atoms with van der Waals surface area (Å²) in [5.74, 6) is 1.64. The first-order valence-corrected chi connectivity index (χ1v) is 10.3. The van der Waals surface area contributed by atoms with Crippen LogP contribution in [-0.2, 0) is 11.2 Å². The van der Waals surface area contributed by atoms with E-state index in [9.17, 15) is 9.59 Å². The van der Waals surface area contributed by atoms with Crippen LogP contribution < -0.4 is 10.2 Å². The number of nitrogens with zero attached hydrogens (tertiary/aromatic N) is 5.